The number of aromatic nitrogens is 2. The number of hydrazine groups is 1. The van der Waals surface area contributed by atoms with Gasteiger partial charge in [0.15, 0.2) is 0 Å². The van der Waals surface area contributed by atoms with Crippen LogP contribution in [0.2, 0.25) is 0 Å². The molecule has 0 amide bonds. The molecule has 6 nitrogen and oxygen atoms in total. The molecule has 2 rings (SSSR count). The van der Waals surface area contributed by atoms with Crippen LogP contribution in [0.15, 0.2) is 12.4 Å². The molecule has 0 aromatic carbocycles. The van der Waals surface area contributed by atoms with Crippen LogP contribution in [0.1, 0.15) is 11.6 Å². The van der Waals surface area contributed by atoms with Crippen LogP contribution in [0.5, 0.6) is 0 Å². The van der Waals surface area contributed by atoms with Gasteiger partial charge in [-0.2, -0.15) is 5.10 Å². The highest BCUT2D eigenvalue weighted by atomic mass is 16.5. The summed E-state index contributed by atoms with van der Waals surface area (Å²) < 4.78 is 7.51. The smallest absolute Gasteiger partial charge is 0.0910 e. The van der Waals surface area contributed by atoms with E-state index in [1.54, 1.807) is 4.68 Å². The molecule has 1 saturated heterocycles. The van der Waals surface area contributed by atoms with Gasteiger partial charge in [-0.15, -0.1) is 0 Å². The Kier molecular flexibility index (Phi) is 3.55. The lowest BCUT2D eigenvalue weighted by molar-refractivity contribution is -0.0393. The Balaban J connectivity index is 2.09. The standard InChI is InChI=1S/C10H19N5O/c1-14-3-4-16-9(7-14)10(13-11)8-5-12-15(2)6-8/h5-6,9-10,13H,3-4,7,11H2,1-2H3. The maximum absolute atomic E-state index is 5.74. The summed E-state index contributed by atoms with van der Waals surface area (Å²) >= 11 is 0. The number of morpholine rings is 1. The highest BCUT2D eigenvalue weighted by Gasteiger charge is 2.27. The first-order valence-corrected chi connectivity index (χ1v) is 5.45. The Bertz CT molecular complexity index is 340. The lowest BCUT2D eigenvalue weighted by atomic mass is 10.0. The minimum Gasteiger partial charge on any atom is -0.374 e. The lowest BCUT2D eigenvalue weighted by Gasteiger charge is -2.34. The summed E-state index contributed by atoms with van der Waals surface area (Å²) in [5.74, 6) is 5.60. The summed E-state index contributed by atoms with van der Waals surface area (Å²) in [5, 5.41) is 4.15. The molecule has 0 bridgehead atoms. The maximum atomic E-state index is 5.74. The first-order valence-electron chi connectivity index (χ1n) is 5.45. The largest absolute Gasteiger partial charge is 0.374 e. The van der Waals surface area contributed by atoms with Gasteiger partial charge >= 0.3 is 0 Å². The van der Waals surface area contributed by atoms with E-state index in [1.165, 1.54) is 0 Å². The summed E-state index contributed by atoms with van der Waals surface area (Å²) in [6.45, 7) is 2.60. The molecule has 1 fully saturated rings. The molecule has 1 aliphatic heterocycles. The highest BCUT2D eigenvalue weighted by Crippen LogP contribution is 2.20. The minimum absolute atomic E-state index is 0.00329. The zero-order valence-electron chi connectivity index (χ0n) is 9.76. The van der Waals surface area contributed by atoms with Crippen LogP contribution in [0, 0.1) is 0 Å². The number of hydrogen-bond donors (Lipinski definition) is 2. The predicted molar refractivity (Wildman–Crippen MR) is 60.5 cm³/mol. The van der Waals surface area contributed by atoms with Crippen LogP contribution in [-0.4, -0.2) is 47.5 Å². The second kappa shape index (κ2) is 4.92. The van der Waals surface area contributed by atoms with E-state index in [0.29, 0.717) is 0 Å². The molecule has 16 heavy (non-hydrogen) atoms. The number of nitrogens with zero attached hydrogens (tertiary/aromatic N) is 3. The second-order valence-electron chi connectivity index (χ2n) is 4.26. The lowest BCUT2D eigenvalue weighted by Crippen LogP contribution is -2.48. The first kappa shape index (κ1) is 11.5. The molecular weight excluding hydrogens is 206 g/mol. The van der Waals surface area contributed by atoms with E-state index in [4.69, 9.17) is 10.6 Å². The molecule has 1 aromatic rings. The number of likely N-dealkylation sites (N-methyl/N-ethyl adjacent to an activating group) is 1. The molecule has 6 heteroatoms. The van der Waals surface area contributed by atoms with Crippen molar-refractivity contribution >= 4 is 0 Å². The van der Waals surface area contributed by atoms with Crippen molar-refractivity contribution in [3.63, 3.8) is 0 Å². The van der Waals surface area contributed by atoms with Gasteiger partial charge in [0, 0.05) is 31.9 Å². The van der Waals surface area contributed by atoms with E-state index < -0.39 is 0 Å². The summed E-state index contributed by atoms with van der Waals surface area (Å²) in [5.41, 5.74) is 3.88. The third kappa shape index (κ3) is 2.41. The van der Waals surface area contributed by atoms with Crippen LogP contribution in [-0.2, 0) is 11.8 Å². The van der Waals surface area contributed by atoms with Gasteiger partial charge in [-0.05, 0) is 7.05 Å². The average Bonchev–Trinajstić information content (AvgIpc) is 2.66. The van der Waals surface area contributed by atoms with Gasteiger partial charge in [0.2, 0.25) is 0 Å². The fraction of sp³-hybridized carbons (Fsp3) is 0.700. The van der Waals surface area contributed by atoms with Crippen molar-refractivity contribution in [2.24, 2.45) is 12.9 Å². The van der Waals surface area contributed by atoms with Gasteiger partial charge in [0.1, 0.15) is 0 Å². The van der Waals surface area contributed by atoms with E-state index in [-0.39, 0.29) is 12.1 Å². The van der Waals surface area contributed by atoms with Gasteiger partial charge in [0.05, 0.1) is 24.9 Å². The fourth-order valence-electron chi connectivity index (χ4n) is 2.03. The topological polar surface area (TPSA) is 68.3 Å². The molecule has 2 atom stereocenters. The third-order valence-corrected chi connectivity index (χ3v) is 2.93. The summed E-state index contributed by atoms with van der Waals surface area (Å²) in [6.07, 6.45) is 3.86. The number of hydrogen-bond acceptors (Lipinski definition) is 5. The van der Waals surface area contributed by atoms with Gasteiger partial charge in [0.25, 0.3) is 0 Å². The first-order chi connectivity index (χ1) is 7.70. The third-order valence-electron chi connectivity index (χ3n) is 2.93. The summed E-state index contributed by atoms with van der Waals surface area (Å²) in [4.78, 5) is 2.24. The molecular formula is C10H19N5O. The van der Waals surface area contributed by atoms with Crippen LogP contribution >= 0.6 is 0 Å². The van der Waals surface area contributed by atoms with Gasteiger partial charge in [-0.25, -0.2) is 0 Å². The molecule has 0 saturated carbocycles. The molecule has 0 aliphatic carbocycles. The van der Waals surface area contributed by atoms with Crippen molar-refractivity contribution in [1.82, 2.24) is 20.1 Å². The zero-order chi connectivity index (χ0) is 11.5. The van der Waals surface area contributed by atoms with Gasteiger partial charge < -0.3 is 9.64 Å². The van der Waals surface area contributed by atoms with Crippen molar-refractivity contribution < 1.29 is 4.74 Å². The van der Waals surface area contributed by atoms with Gasteiger partial charge in [-0.1, -0.05) is 0 Å². The molecule has 90 valence electrons. The van der Waals surface area contributed by atoms with Crippen molar-refractivity contribution in [2.45, 2.75) is 12.1 Å². The molecule has 1 aromatic heterocycles. The van der Waals surface area contributed by atoms with E-state index in [0.717, 1.165) is 25.3 Å². The highest BCUT2D eigenvalue weighted by molar-refractivity contribution is 5.12. The quantitative estimate of drug-likeness (QED) is 0.523. The van der Waals surface area contributed by atoms with E-state index in [9.17, 15) is 0 Å². The van der Waals surface area contributed by atoms with Crippen LogP contribution in [0.3, 0.4) is 0 Å². The number of nitrogens with two attached hydrogens (primary N) is 1. The van der Waals surface area contributed by atoms with Gasteiger partial charge in [-0.3, -0.25) is 16.0 Å². The SMILES string of the molecule is CN1CCOC(C(NN)c2cnn(C)c2)C1. The van der Waals surface area contributed by atoms with Crippen molar-refractivity contribution in [3.05, 3.63) is 18.0 Å². The molecule has 2 unspecified atom stereocenters. The second-order valence-corrected chi connectivity index (χ2v) is 4.26. The Labute approximate surface area is 95.3 Å². The number of rotatable bonds is 3. The normalized spacial score (nSPS) is 24.6. The number of nitrogens with one attached hydrogen (secondary N) is 1. The summed E-state index contributed by atoms with van der Waals surface area (Å²) in [7, 11) is 3.98. The molecule has 2 heterocycles. The number of aryl methyl sites for hydroxylation is 1. The van der Waals surface area contributed by atoms with Crippen LogP contribution in [0.25, 0.3) is 0 Å². The van der Waals surface area contributed by atoms with Crippen LogP contribution < -0.4 is 11.3 Å². The average molecular weight is 225 g/mol. The van der Waals surface area contributed by atoms with Crippen molar-refractivity contribution in [3.8, 4) is 0 Å². The molecule has 0 spiro atoms. The summed E-state index contributed by atoms with van der Waals surface area (Å²) in [6, 6.07) is -0.00329. The minimum atomic E-state index is -0.00329. The van der Waals surface area contributed by atoms with Crippen molar-refractivity contribution in [2.75, 3.05) is 26.7 Å². The molecule has 1 aliphatic rings. The van der Waals surface area contributed by atoms with Crippen molar-refractivity contribution in [1.29, 1.82) is 0 Å². The van der Waals surface area contributed by atoms with E-state index in [2.05, 4.69) is 22.5 Å². The number of ether oxygens (including phenoxy) is 1. The molecule has 0 radical (unpaired) electrons. The Morgan fingerprint density at radius 2 is 2.44 bits per heavy atom. The monoisotopic (exact) mass is 225 g/mol. The predicted octanol–water partition coefficient (Wildman–Crippen LogP) is -0.745. The van der Waals surface area contributed by atoms with E-state index >= 15 is 0 Å². The maximum Gasteiger partial charge on any atom is 0.0910 e. The zero-order valence-corrected chi connectivity index (χ0v) is 9.76. The Morgan fingerprint density at radius 1 is 1.62 bits per heavy atom. The van der Waals surface area contributed by atoms with Crippen LogP contribution in [0.4, 0.5) is 0 Å². The Morgan fingerprint density at radius 3 is 3.00 bits per heavy atom. The fourth-order valence-corrected chi connectivity index (χ4v) is 2.03. The molecule has 3 N–H and O–H groups in total. The van der Waals surface area contributed by atoms with E-state index in [1.807, 2.05) is 19.4 Å². The Hall–Kier alpha value is -0.950.